The van der Waals surface area contributed by atoms with Crippen molar-refractivity contribution in [3.05, 3.63) is 59.9 Å². The maximum Gasteiger partial charge on any atom is 0.337 e. The number of benzene rings is 2. The fourth-order valence-electron chi connectivity index (χ4n) is 1.86. The number of amides is 1. The van der Waals surface area contributed by atoms with Gasteiger partial charge in [0.25, 0.3) is 5.91 Å². The lowest BCUT2D eigenvalue weighted by molar-refractivity contribution is -0.158. The molecular formula is C18H18FNO3. The quantitative estimate of drug-likeness (QED) is 0.859. The minimum absolute atomic E-state index is 0.334. The first-order valence-electron chi connectivity index (χ1n) is 7.15. The van der Waals surface area contributed by atoms with Crippen LogP contribution in [0.3, 0.4) is 0 Å². The Morgan fingerprint density at radius 3 is 2.22 bits per heavy atom. The van der Waals surface area contributed by atoms with Crippen LogP contribution in [0.1, 0.15) is 31.1 Å². The van der Waals surface area contributed by atoms with E-state index in [1.165, 1.54) is 12.1 Å². The van der Waals surface area contributed by atoms with E-state index in [2.05, 4.69) is 5.48 Å². The zero-order valence-electron chi connectivity index (χ0n) is 13.2. The molecular weight excluding hydrogens is 297 g/mol. The average molecular weight is 315 g/mol. The summed E-state index contributed by atoms with van der Waals surface area (Å²) in [5.74, 6) is -1.43. The van der Waals surface area contributed by atoms with Gasteiger partial charge in [-0.2, -0.15) is 5.48 Å². The summed E-state index contributed by atoms with van der Waals surface area (Å²) in [6.07, 6.45) is 0. The normalized spacial score (nSPS) is 11.0. The molecule has 0 aromatic heterocycles. The van der Waals surface area contributed by atoms with E-state index in [0.29, 0.717) is 16.7 Å². The van der Waals surface area contributed by atoms with Crippen LogP contribution in [0.15, 0.2) is 48.5 Å². The van der Waals surface area contributed by atoms with Crippen molar-refractivity contribution in [2.24, 2.45) is 5.41 Å². The summed E-state index contributed by atoms with van der Waals surface area (Å²) >= 11 is 0. The van der Waals surface area contributed by atoms with Crippen molar-refractivity contribution in [2.45, 2.75) is 20.8 Å². The number of rotatable bonds is 2. The number of hydrogen-bond acceptors (Lipinski definition) is 3. The Morgan fingerprint density at radius 1 is 1.00 bits per heavy atom. The lowest BCUT2D eigenvalue weighted by atomic mass is 9.98. The Bertz CT molecular complexity index is 718. The third-order valence-corrected chi connectivity index (χ3v) is 3.18. The number of hydrogen-bond donors (Lipinski definition) is 1. The van der Waals surface area contributed by atoms with Gasteiger partial charge in [0, 0.05) is 0 Å². The summed E-state index contributed by atoms with van der Waals surface area (Å²) < 4.78 is 13.0. The molecule has 0 spiro atoms. The molecule has 0 fully saturated rings. The molecule has 0 heterocycles. The molecule has 0 saturated carbocycles. The van der Waals surface area contributed by atoms with Gasteiger partial charge < -0.3 is 4.84 Å². The molecule has 0 radical (unpaired) electrons. The topological polar surface area (TPSA) is 55.4 Å². The summed E-state index contributed by atoms with van der Waals surface area (Å²) in [6, 6.07) is 12.6. The van der Waals surface area contributed by atoms with E-state index >= 15 is 0 Å². The highest BCUT2D eigenvalue weighted by Gasteiger charge is 2.24. The third kappa shape index (κ3) is 4.16. The van der Waals surface area contributed by atoms with Crippen molar-refractivity contribution in [1.29, 1.82) is 0 Å². The van der Waals surface area contributed by atoms with E-state index in [9.17, 15) is 14.0 Å². The molecule has 0 bridgehead atoms. The van der Waals surface area contributed by atoms with Crippen molar-refractivity contribution in [3.63, 3.8) is 0 Å². The summed E-state index contributed by atoms with van der Waals surface area (Å²) in [4.78, 5) is 28.8. The molecule has 0 atom stereocenters. The molecule has 2 aromatic carbocycles. The van der Waals surface area contributed by atoms with Gasteiger partial charge in [-0.3, -0.25) is 4.79 Å². The summed E-state index contributed by atoms with van der Waals surface area (Å²) in [5.41, 5.74) is 3.10. The molecule has 0 unspecified atom stereocenters. The Kier molecular flexibility index (Phi) is 4.79. The Labute approximate surface area is 134 Å². The highest BCUT2D eigenvalue weighted by molar-refractivity contribution is 6.00. The maximum atomic E-state index is 13.0. The van der Waals surface area contributed by atoms with Gasteiger partial charge >= 0.3 is 5.97 Å². The van der Waals surface area contributed by atoms with Crippen LogP contribution < -0.4 is 5.48 Å². The van der Waals surface area contributed by atoms with Crippen LogP contribution in [-0.4, -0.2) is 11.9 Å². The van der Waals surface area contributed by atoms with Gasteiger partial charge in [-0.25, -0.2) is 9.18 Å². The molecule has 4 nitrogen and oxygen atoms in total. The van der Waals surface area contributed by atoms with Gasteiger partial charge in [0.05, 0.1) is 11.0 Å². The number of carbonyl (C=O) groups excluding carboxylic acids is 2. The second kappa shape index (κ2) is 6.60. The highest BCUT2D eigenvalue weighted by atomic mass is 19.1. The molecule has 2 rings (SSSR count). The fourth-order valence-corrected chi connectivity index (χ4v) is 1.86. The molecule has 0 saturated heterocycles. The molecule has 0 aliphatic rings. The Morgan fingerprint density at radius 2 is 1.61 bits per heavy atom. The van der Waals surface area contributed by atoms with E-state index < -0.39 is 17.3 Å². The summed E-state index contributed by atoms with van der Waals surface area (Å²) in [5, 5.41) is 0. The van der Waals surface area contributed by atoms with Gasteiger partial charge in [-0.1, -0.05) is 30.3 Å². The minimum Gasteiger partial charge on any atom is -0.340 e. The fraction of sp³-hybridized carbons (Fsp3) is 0.222. The zero-order chi connectivity index (χ0) is 17.0. The first kappa shape index (κ1) is 16.7. The van der Waals surface area contributed by atoms with Crippen LogP contribution in [0.5, 0.6) is 0 Å². The number of nitrogens with one attached hydrogen (secondary N) is 1. The molecule has 5 heteroatoms. The van der Waals surface area contributed by atoms with Gasteiger partial charge in [-0.05, 0) is 50.1 Å². The average Bonchev–Trinajstić information content (AvgIpc) is 2.52. The van der Waals surface area contributed by atoms with Crippen LogP contribution in [-0.2, 0) is 9.63 Å². The van der Waals surface area contributed by atoms with E-state index in [1.807, 2.05) is 0 Å². The smallest absolute Gasteiger partial charge is 0.337 e. The summed E-state index contributed by atoms with van der Waals surface area (Å²) in [7, 11) is 0. The lowest BCUT2D eigenvalue weighted by Crippen LogP contribution is -2.33. The van der Waals surface area contributed by atoms with Crippen molar-refractivity contribution < 1.29 is 18.8 Å². The highest BCUT2D eigenvalue weighted by Crippen LogP contribution is 2.24. The van der Waals surface area contributed by atoms with Crippen LogP contribution in [0.4, 0.5) is 4.39 Å². The van der Waals surface area contributed by atoms with Crippen molar-refractivity contribution in [1.82, 2.24) is 5.48 Å². The van der Waals surface area contributed by atoms with Gasteiger partial charge in [-0.15, -0.1) is 0 Å². The van der Waals surface area contributed by atoms with Crippen molar-refractivity contribution >= 4 is 11.9 Å². The Balaban J connectivity index is 2.21. The Hall–Kier alpha value is -2.69. The number of carbonyl (C=O) groups is 2. The van der Waals surface area contributed by atoms with E-state index in [-0.39, 0.29) is 5.82 Å². The first-order chi connectivity index (χ1) is 10.8. The minimum atomic E-state index is -0.718. The molecule has 2 aromatic rings. The van der Waals surface area contributed by atoms with E-state index in [4.69, 9.17) is 4.84 Å². The molecule has 1 N–H and O–H groups in total. The van der Waals surface area contributed by atoms with Crippen LogP contribution >= 0.6 is 0 Å². The van der Waals surface area contributed by atoms with Gasteiger partial charge in [0.1, 0.15) is 5.82 Å². The van der Waals surface area contributed by atoms with E-state index in [0.717, 1.165) is 0 Å². The zero-order valence-corrected chi connectivity index (χ0v) is 13.2. The van der Waals surface area contributed by atoms with Gasteiger partial charge in [0.2, 0.25) is 0 Å². The molecule has 1 amide bonds. The number of hydroxylamine groups is 1. The molecule has 0 aliphatic heterocycles. The standard InChI is InChI=1S/C18H18FNO3/c1-18(2,3)17(22)23-20-16(21)15-7-5-4-6-14(15)12-8-10-13(19)11-9-12/h4-11H,1-3H3,(H,20,21). The molecule has 120 valence electrons. The van der Waals surface area contributed by atoms with Gasteiger partial charge in [0.15, 0.2) is 0 Å². The monoisotopic (exact) mass is 315 g/mol. The van der Waals surface area contributed by atoms with Crippen LogP contribution in [0.2, 0.25) is 0 Å². The van der Waals surface area contributed by atoms with E-state index in [1.54, 1.807) is 57.2 Å². The molecule has 23 heavy (non-hydrogen) atoms. The SMILES string of the molecule is CC(C)(C)C(=O)ONC(=O)c1ccccc1-c1ccc(F)cc1. The first-order valence-corrected chi connectivity index (χ1v) is 7.15. The second-order valence-electron chi connectivity index (χ2n) is 6.12. The predicted octanol–water partition coefficient (Wildman–Crippen LogP) is 3.73. The molecule has 0 aliphatic carbocycles. The van der Waals surface area contributed by atoms with Crippen LogP contribution in [0, 0.1) is 11.2 Å². The maximum absolute atomic E-state index is 13.0. The van der Waals surface area contributed by atoms with Crippen molar-refractivity contribution in [3.8, 4) is 11.1 Å². The third-order valence-electron chi connectivity index (χ3n) is 3.18. The van der Waals surface area contributed by atoms with Crippen molar-refractivity contribution in [2.75, 3.05) is 0 Å². The second-order valence-corrected chi connectivity index (χ2v) is 6.12. The summed E-state index contributed by atoms with van der Waals surface area (Å²) in [6.45, 7) is 5.07. The predicted molar refractivity (Wildman–Crippen MR) is 84.8 cm³/mol. The van der Waals surface area contributed by atoms with Crippen LogP contribution in [0.25, 0.3) is 11.1 Å². The largest absolute Gasteiger partial charge is 0.340 e. The lowest BCUT2D eigenvalue weighted by Gasteiger charge is -2.16. The number of halogens is 1.